The van der Waals surface area contributed by atoms with E-state index >= 15 is 0 Å². The average Bonchev–Trinajstić information content (AvgIpc) is 3.43. The van der Waals surface area contributed by atoms with Crippen LogP contribution in [0, 0.1) is 5.82 Å². The third kappa shape index (κ3) is 4.03. The van der Waals surface area contributed by atoms with Gasteiger partial charge in [0.1, 0.15) is 10.8 Å². The summed E-state index contributed by atoms with van der Waals surface area (Å²) in [6, 6.07) is 17.0. The molecule has 2 aromatic heterocycles. The summed E-state index contributed by atoms with van der Waals surface area (Å²) in [6.45, 7) is 2.38. The zero-order valence-corrected chi connectivity index (χ0v) is 20.7. The van der Waals surface area contributed by atoms with Crippen LogP contribution >= 0.6 is 22.9 Å². The van der Waals surface area contributed by atoms with Crippen LogP contribution in [0.4, 0.5) is 14.9 Å². The van der Waals surface area contributed by atoms with E-state index in [0.717, 1.165) is 30.8 Å². The van der Waals surface area contributed by atoms with E-state index in [9.17, 15) is 9.18 Å². The molecule has 0 fully saturated rings. The standard InChI is InChI=1S/C27H24ClFN4OS/c1-31-14-12-21-22-15-33(27(34)30-20-10-6-18(28)7-11-20)25(17-4-8-19(29)9-5-17)23-3-2-13-32(23)26(22)35-24(21)16-31/h2-11,13,25H,12,14-16H2,1H3,(H,30,34). The number of halogens is 2. The predicted octanol–water partition coefficient (Wildman–Crippen LogP) is 6.46. The Balaban J connectivity index is 1.48. The number of fused-ring (bicyclic) bond motifs is 5. The van der Waals surface area contributed by atoms with Gasteiger partial charge in [-0.25, -0.2) is 9.18 Å². The molecule has 2 aliphatic rings. The normalized spacial score (nSPS) is 17.3. The summed E-state index contributed by atoms with van der Waals surface area (Å²) in [5.41, 5.74) is 5.07. The number of carbonyl (C=O) groups is 1. The first-order valence-electron chi connectivity index (χ1n) is 11.6. The minimum atomic E-state index is -0.376. The van der Waals surface area contributed by atoms with E-state index in [0.29, 0.717) is 17.3 Å². The lowest BCUT2D eigenvalue weighted by atomic mass is 10.0. The third-order valence-corrected chi connectivity index (χ3v) is 8.31. The van der Waals surface area contributed by atoms with Gasteiger partial charge in [0.2, 0.25) is 0 Å². The molecular weight excluding hydrogens is 483 g/mol. The van der Waals surface area contributed by atoms with Crippen LogP contribution in [0.3, 0.4) is 0 Å². The molecule has 5 nitrogen and oxygen atoms in total. The number of carbonyl (C=O) groups excluding carboxylic acids is 1. The van der Waals surface area contributed by atoms with Crippen molar-refractivity contribution in [1.82, 2.24) is 14.4 Å². The van der Waals surface area contributed by atoms with E-state index in [-0.39, 0.29) is 17.9 Å². The van der Waals surface area contributed by atoms with Gasteiger partial charge in [0, 0.05) is 40.4 Å². The Bertz CT molecular complexity index is 1400. The second-order valence-corrected chi connectivity index (χ2v) is 10.6. The van der Waals surface area contributed by atoms with Crippen molar-refractivity contribution in [2.45, 2.75) is 25.6 Å². The molecule has 0 spiro atoms. The maximum Gasteiger partial charge on any atom is 0.322 e. The number of benzene rings is 2. The SMILES string of the molecule is CN1CCc2c(sc3c2CN(C(=O)Nc2ccc(Cl)cc2)C(c2ccc(F)cc2)c2cccn2-3)C1. The van der Waals surface area contributed by atoms with Gasteiger partial charge in [0.05, 0.1) is 18.3 Å². The molecule has 178 valence electrons. The van der Waals surface area contributed by atoms with Crippen molar-refractivity contribution < 1.29 is 9.18 Å². The fraction of sp³-hybridized carbons (Fsp3) is 0.222. The minimum Gasteiger partial charge on any atom is -0.310 e. The quantitative estimate of drug-likeness (QED) is 0.339. The van der Waals surface area contributed by atoms with Crippen LogP contribution < -0.4 is 5.32 Å². The second kappa shape index (κ2) is 8.82. The molecule has 4 aromatic rings. The van der Waals surface area contributed by atoms with Crippen LogP contribution in [-0.4, -0.2) is 34.0 Å². The molecule has 0 aliphatic carbocycles. The van der Waals surface area contributed by atoms with Gasteiger partial charge in [-0.1, -0.05) is 23.7 Å². The van der Waals surface area contributed by atoms with Gasteiger partial charge in [0.25, 0.3) is 0 Å². The fourth-order valence-electron chi connectivity index (χ4n) is 5.08. The van der Waals surface area contributed by atoms with Gasteiger partial charge in [-0.05, 0) is 73.1 Å². The number of nitrogens with zero attached hydrogens (tertiary/aromatic N) is 3. The minimum absolute atomic E-state index is 0.213. The summed E-state index contributed by atoms with van der Waals surface area (Å²) in [5.74, 6) is -0.299. The topological polar surface area (TPSA) is 40.5 Å². The van der Waals surface area contributed by atoms with E-state index in [1.54, 1.807) is 36.4 Å². The van der Waals surface area contributed by atoms with Crippen molar-refractivity contribution in [3.05, 3.63) is 105 Å². The lowest BCUT2D eigenvalue weighted by Crippen LogP contribution is -2.38. The molecule has 2 aliphatic heterocycles. The number of hydrogen-bond donors (Lipinski definition) is 1. The largest absolute Gasteiger partial charge is 0.322 e. The molecule has 2 amide bonds. The predicted molar refractivity (Wildman–Crippen MR) is 138 cm³/mol. The van der Waals surface area contributed by atoms with Crippen molar-refractivity contribution in [3.8, 4) is 5.00 Å². The first kappa shape index (κ1) is 22.3. The van der Waals surface area contributed by atoms with Gasteiger partial charge in [-0.2, -0.15) is 0 Å². The second-order valence-electron chi connectivity index (χ2n) is 9.10. The molecule has 1 unspecified atom stereocenters. The first-order chi connectivity index (χ1) is 17.0. The van der Waals surface area contributed by atoms with Crippen molar-refractivity contribution in [1.29, 1.82) is 0 Å². The van der Waals surface area contributed by atoms with E-state index in [2.05, 4.69) is 34.1 Å². The van der Waals surface area contributed by atoms with Crippen LogP contribution in [0.5, 0.6) is 0 Å². The first-order valence-corrected chi connectivity index (χ1v) is 12.8. The van der Waals surface area contributed by atoms with E-state index in [4.69, 9.17) is 11.6 Å². The maximum atomic E-state index is 13.8. The molecular formula is C27H24ClFN4OS. The molecule has 6 rings (SSSR count). The highest BCUT2D eigenvalue weighted by molar-refractivity contribution is 7.15. The molecule has 1 atom stereocenters. The van der Waals surface area contributed by atoms with Crippen molar-refractivity contribution in [3.63, 3.8) is 0 Å². The van der Waals surface area contributed by atoms with Crippen LogP contribution in [0.1, 0.15) is 33.3 Å². The van der Waals surface area contributed by atoms with E-state index in [1.807, 2.05) is 22.3 Å². The lowest BCUT2D eigenvalue weighted by molar-refractivity contribution is 0.194. The summed E-state index contributed by atoms with van der Waals surface area (Å²) in [5, 5.41) is 4.83. The Hall–Kier alpha value is -3.13. The Kier molecular flexibility index (Phi) is 5.63. The molecule has 1 N–H and O–H groups in total. The molecule has 4 heterocycles. The van der Waals surface area contributed by atoms with Gasteiger partial charge in [-0.3, -0.25) is 0 Å². The summed E-state index contributed by atoms with van der Waals surface area (Å²) < 4.78 is 16.0. The smallest absolute Gasteiger partial charge is 0.310 e. The fourth-order valence-corrected chi connectivity index (χ4v) is 6.64. The number of hydrogen-bond acceptors (Lipinski definition) is 3. The van der Waals surface area contributed by atoms with Crippen LogP contribution in [0.15, 0.2) is 66.9 Å². The Labute approximate surface area is 212 Å². The zero-order chi connectivity index (χ0) is 24.1. The maximum absolute atomic E-state index is 13.8. The summed E-state index contributed by atoms with van der Waals surface area (Å²) in [4.78, 5) is 19.4. The Morgan fingerprint density at radius 2 is 1.83 bits per heavy atom. The Morgan fingerprint density at radius 3 is 2.60 bits per heavy atom. The zero-order valence-electron chi connectivity index (χ0n) is 19.2. The van der Waals surface area contributed by atoms with Crippen molar-refractivity contribution in [2.75, 3.05) is 18.9 Å². The number of amides is 2. The highest BCUT2D eigenvalue weighted by Crippen LogP contribution is 2.43. The van der Waals surface area contributed by atoms with Crippen LogP contribution in [0.2, 0.25) is 5.02 Å². The summed E-state index contributed by atoms with van der Waals surface area (Å²) in [7, 11) is 2.14. The third-order valence-electron chi connectivity index (χ3n) is 6.80. The number of anilines is 1. The molecule has 0 saturated heterocycles. The monoisotopic (exact) mass is 506 g/mol. The number of aromatic nitrogens is 1. The number of likely N-dealkylation sites (N-methyl/N-ethyl adjacent to an activating group) is 1. The number of rotatable bonds is 2. The molecule has 8 heteroatoms. The average molecular weight is 507 g/mol. The molecule has 0 saturated carbocycles. The number of thiophene rings is 1. The van der Waals surface area contributed by atoms with Gasteiger partial charge in [-0.15, -0.1) is 11.3 Å². The molecule has 2 aromatic carbocycles. The molecule has 35 heavy (non-hydrogen) atoms. The highest BCUT2D eigenvalue weighted by atomic mass is 35.5. The highest BCUT2D eigenvalue weighted by Gasteiger charge is 2.36. The van der Waals surface area contributed by atoms with Gasteiger partial charge < -0.3 is 19.7 Å². The number of nitrogens with one attached hydrogen (secondary N) is 1. The van der Waals surface area contributed by atoms with Gasteiger partial charge >= 0.3 is 6.03 Å². The molecule has 0 radical (unpaired) electrons. The van der Waals surface area contributed by atoms with Crippen molar-refractivity contribution >= 4 is 34.7 Å². The van der Waals surface area contributed by atoms with Crippen LogP contribution in [0.25, 0.3) is 5.00 Å². The lowest BCUT2D eigenvalue weighted by Gasteiger charge is -2.32. The summed E-state index contributed by atoms with van der Waals surface area (Å²) >= 11 is 7.85. The van der Waals surface area contributed by atoms with Crippen molar-refractivity contribution in [2.24, 2.45) is 0 Å². The molecule has 0 bridgehead atoms. The number of urea groups is 1. The van der Waals surface area contributed by atoms with E-state index in [1.165, 1.54) is 33.1 Å². The Morgan fingerprint density at radius 1 is 1.06 bits per heavy atom. The van der Waals surface area contributed by atoms with Crippen LogP contribution in [-0.2, 0) is 19.5 Å². The van der Waals surface area contributed by atoms with E-state index < -0.39 is 0 Å². The summed E-state index contributed by atoms with van der Waals surface area (Å²) in [6.07, 6.45) is 3.03. The van der Waals surface area contributed by atoms with Gasteiger partial charge in [0.15, 0.2) is 0 Å².